The summed E-state index contributed by atoms with van der Waals surface area (Å²) in [4.78, 5) is 0. The zero-order valence-corrected chi connectivity index (χ0v) is 6.81. The number of rotatable bonds is 5. The van der Waals surface area contributed by atoms with Crippen molar-refractivity contribution in [2.75, 3.05) is 0 Å². The fraction of sp³-hybridized carbons (Fsp3) is 0.889. The zero-order valence-electron chi connectivity index (χ0n) is 6.81. The molecule has 0 spiro atoms. The Kier molecular flexibility index (Phi) is 3.81. The van der Waals surface area contributed by atoms with Gasteiger partial charge in [0, 0.05) is 0 Å². The van der Waals surface area contributed by atoms with Crippen LogP contribution in [0.1, 0.15) is 45.4 Å². The van der Waals surface area contributed by atoms with Gasteiger partial charge in [-0.05, 0) is 25.7 Å². The molecule has 0 bridgehead atoms. The third-order valence-corrected chi connectivity index (χ3v) is 2.02. The summed E-state index contributed by atoms with van der Waals surface area (Å²) in [6.45, 7) is 4.20. The van der Waals surface area contributed by atoms with Crippen molar-refractivity contribution >= 4 is 0 Å². The van der Waals surface area contributed by atoms with Crippen LogP contribution in [0.4, 0.5) is 0 Å². The summed E-state index contributed by atoms with van der Waals surface area (Å²) in [5.74, 6) is 0. The van der Waals surface area contributed by atoms with Crippen molar-refractivity contribution in [2.45, 2.75) is 51.6 Å². The number of hydrogen-bond acceptors (Lipinski definition) is 1. The molecule has 1 heteroatoms. The topological polar surface area (TPSA) is 9.23 Å². The number of unbranched alkanes of at least 4 members (excludes halogenated alkanes) is 2. The molecule has 0 aliphatic heterocycles. The van der Waals surface area contributed by atoms with E-state index in [1.165, 1.54) is 32.1 Å². The molecule has 0 atom stereocenters. The Morgan fingerprint density at radius 1 is 1.50 bits per heavy atom. The van der Waals surface area contributed by atoms with Crippen LogP contribution in [0, 0.1) is 6.61 Å². The maximum absolute atomic E-state index is 5.46. The zero-order chi connectivity index (χ0) is 7.23. The Morgan fingerprint density at radius 3 is 2.80 bits per heavy atom. The maximum Gasteiger partial charge on any atom is 0.0840 e. The molecule has 0 aromatic rings. The highest BCUT2D eigenvalue weighted by atomic mass is 16.5. The molecule has 0 heterocycles. The first-order valence-corrected chi connectivity index (χ1v) is 4.40. The molecule has 0 unspecified atom stereocenters. The maximum atomic E-state index is 5.46. The Bertz CT molecular complexity index is 76.8. The molecule has 1 aliphatic rings. The van der Waals surface area contributed by atoms with Gasteiger partial charge in [-0.2, -0.15) is 0 Å². The molecule has 1 saturated carbocycles. The van der Waals surface area contributed by atoms with Crippen molar-refractivity contribution in [3.63, 3.8) is 0 Å². The molecule has 1 rings (SSSR count). The molecular formula is C9H17O. The average Bonchev–Trinajstić information content (AvgIpc) is 1.84. The molecule has 1 aliphatic carbocycles. The van der Waals surface area contributed by atoms with E-state index in [1.807, 2.05) is 6.61 Å². The molecule has 10 heavy (non-hydrogen) atoms. The quantitative estimate of drug-likeness (QED) is 0.535. The molecule has 59 valence electrons. The molecule has 0 amide bonds. The minimum atomic E-state index is 0.580. The van der Waals surface area contributed by atoms with Gasteiger partial charge in [0.2, 0.25) is 0 Å². The second kappa shape index (κ2) is 4.73. The third-order valence-electron chi connectivity index (χ3n) is 2.02. The second-order valence-corrected chi connectivity index (χ2v) is 3.00. The van der Waals surface area contributed by atoms with Crippen LogP contribution in [-0.4, -0.2) is 6.10 Å². The van der Waals surface area contributed by atoms with Crippen molar-refractivity contribution in [1.82, 2.24) is 0 Å². The lowest BCUT2D eigenvalue weighted by Crippen LogP contribution is -2.20. The Morgan fingerprint density at radius 2 is 2.30 bits per heavy atom. The molecular weight excluding hydrogens is 124 g/mol. The first-order chi connectivity index (χ1) is 4.93. The van der Waals surface area contributed by atoms with Crippen LogP contribution in [0.2, 0.25) is 0 Å². The first-order valence-electron chi connectivity index (χ1n) is 4.40. The largest absolute Gasteiger partial charge is 0.372 e. The van der Waals surface area contributed by atoms with Crippen molar-refractivity contribution in [2.24, 2.45) is 0 Å². The van der Waals surface area contributed by atoms with Gasteiger partial charge in [-0.15, -0.1) is 0 Å². The van der Waals surface area contributed by atoms with Crippen molar-refractivity contribution < 1.29 is 4.74 Å². The second-order valence-electron chi connectivity index (χ2n) is 3.00. The first kappa shape index (κ1) is 8.06. The molecule has 1 fully saturated rings. The summed E-state index contributed by atoms with van der Waals surface area (Å²) in [5, 5.41) is 0. The van der Waals surface area contributed by atoms with E-state index in [0.29, 0.717) is 6.10 Å². The average molecular weight is 141 g/mol. The summed E-state index contributed by atoms with van der Waals surface area (Å²) < 4.78 is 5.46. The highest BCUT2D eigenvalue weighted by Gasteiger charge is 2.16. The predicted octanol–water partition coefficient (Wildman–Crippen LogP) is 2.91. The fourth-order valence-electron chi connectivity index (χ4n) is 0.998. The van der Waals surface area contributed by atoms with Crippen molar-refractivity contribution in [1.29, 1.82) is 0 Å². The van der Waals surface area contributed by atoms with E-state index in [4.69, 9.17) is 4.74 Å². The van der Waals surface area contributed by atoms with E-state index in [-0.39, 0.29) is 0 Å². The van der Waals surface area contributed by atoms with Gasteiger partial charge in [0.15, 0.2) is 0 Å². The highest BCUT2D eigenvalue weighted by Crippen LogP contribution is 2.23. The van der Waals surface area contributed by atoms with E-state index in [9.17, 15) is 0 Å². The van der Waals surface area contributed by atoms with Gasteiger partial charge in [0.25, 0.3) is 0 Å². The highest BCUT2D eigenvalue weighted by molar-refractivity contribution is 4.70. The van der Waals surface area contributed by atoms with E-state index >= 15 is 0 Å². The van der Waals surface area contributed by atoms with Crippen LogP contribution in [0.15, 0.2) is 0 Å². The molecule has 1 radical (unpaired) electrons. The molecule has 0 saturated heterocycles. The molecule has 0 N–H and O–H groups in total. The lowest BCUT2D eigenvalue weighted by atomic mass is 9.96. The SMILES string of the molecule is CCCC[CH]OC1CCC1. The van der Waals surface area contributed by atoms with Gasteiger partial charge in [-0.25, -0.2) is 0 Å². The van der Waals surface area contributed by atoms with Crippen LogP contribution < -0.4 is 0 Å². The predicted molar refractivity (Wildman–Crippen MR) is 42.5 cm³/mol. The van der Waals surface area contributed by atoms with Gasteiger partial charge in [-0.3, -0.25) is 0 Å². The van der Waals surface area contributed by atoms with Crippen LogP contribution in [0.3, 0.4) is 0 Å². The van der Waals surface area contributed by atoms with E-state index in [0.717, 1.165) is 6.42 Å². The fourth-order valence-corrected chi connectivity index (χ4v) is 0.998. The normalized spacial score (nSPS) is 18.9. The summed E-state index contributed by atoms with van der Waals surface area (Å²) >= 11 is 0. The van der Waals surface area contributed by atoms with Gasteiger partial charge < -0.3 is 4.74 Å². The van der Waals surface area contributed by atoms with Crippen LogP contribution in [0.25, 0.3) is 0 Å². The molecule has 0 aromatic heterocycles. The smallest absolute Gasteiger partial charge is 0.0840 e. The summed E-state index contributed by atoms with van der Waals surface area (Å²) in [6, 6.07) is 0. The number of ether oxygens (including phenoxy) is 1. The van der Waals surface area contributed by atoms with Crippen LogP contribution >= 0.6 is 0 Å². The van der Waals surface area contributed by atoms with Crippen LogP contribution in [-0.2, 0) is 4.74 Å². The monoisotopic (exact) mass is 141 g/mol. The Hall–Kier alpha value is -0.0400. The van der Waals surface area contributed by atoms with Gasteiger partial charge in [0.1, 0.15) is 0 Å². The third kappa shape index (κ3) is 2.70. The van der Waals surface area contributed by atoms with Crippen LogP contribution in [0.5, 0.6) is 0 Å². The number of hydrogen-bond donors (Lipinski definition) is 0. The summed E-state index contributed by atoms with van der Waals surface area (Å²) in [7, 11) is 0. The molecule has 1 nitrogen and oxygen atoms in total. The summed E-state index contributed by atoms with van der Waals surface area (Å²) in [5.41, 5.74) is 0. The lowest BCUT2D eigenvalue weighted by molar-refractivity contribution is 0.0399. The molecule has 0 aromatic carbocycles. The van der Waals surface area contributed by atoms with E-state index in [1.54, 1.807) is 0 Å². The minimum Gasteiger partial charge on any atom is -0.372 e. The van der Waals surface area contributed by atoms with Gasteiger partial charge in [-0.1, -0.05) is 19.8 Å². The van der Waals surface area contributed by atoms with E-state index < -0.39 is 0 Å². The Labute approximate surface area is 63.8 Å². The van der Waals surface area contributed by atoms with Gasteiger partial charge >= 0.3 is 0 Å². The van der Waals surface area contributed by atoms with E-state index in [2.05, 4.69) is 6.92 Å². The lowest BCUT2D eigenvalue weighted by Gasteiger charge is -2.24. The van der Waals surface area contributed by atoms with Crippen molar-refractivity contribution in [3.8, 4) is 0 Å². The minimum absolute atomic E-state index is 0.580. The summed E-state index contributed by atoms with van der Waals surface area (Å²) in [6.07, 6.45) is 8.18. The van der Waals surface area contributed by atoms with Crippen molar-refractivity contribution in [3.05, 3.63) is 6.61 Å². The standard InChI is InChI=1S/C9H17O/c1-2-3-4-8-10-9-6-5-7-9/h8-9H,2-7H2,1H3. The Balaban J connectivity index is 1.76. The van der Waals surface area contributed by atoms with Gasteiger partial charge in [0.05, 0.1) is 12.7 Å².